The van der Waals surface area contributed by atoms with Gasteiger partial charge in [0.1, 0.15) is 0 Å². The van der Waals surface area contributed by atoms with E-state index in [1.165, 1.54) is 11.8 Å². The predicted molar refractivity (Wildman–Crippen MR) is 137 cm³/mol. The first-order chi connectivity index (χ1) is 16.1. The van der Waals surface area contributed by atoms with E-state index in [0.717, 1.165) is 21.2 Å². The second-order valence-corrected chi connectivity index (χ2v) is 9.16. The predicted octanol–water partition coefficient (Wildman–Crippen LogP) is 6.14. The summed E-state index contributed by atoms with van der Waals surface area (Å²) in [5, 5.41) is 0.690. The molecule has 0 N–H and O–H groups in total. The van der Waals surface area contributed by atoms with Gasteiger partial charge < -0.3 is 9.47 Å². The number of carbonyl (C=O) groups is 1. The quantitative estimate of drug-likeness (QED) is 0.349. The van der Waals surface area contributed by atoms with Crippen LogP contribution in [-0.4, -0.2) is 30.2 Å². The normalized spacial score (nSPS) is 16.0. The maximum atomic E-state index is 13.4. The maximum Gasteiger partial charge on any atom is 0.267 e. The van der Waals surface area contributed by atoms with Crippen LogP contribution in [0, 0.1) is 0 Å². The van der Waals surface area contributed by atoms with Crippen LogP contribution in [0.15, 0.2) is 87.2 Å². The number of ether oxygens (including phenoxy) is 2. The molecule has 0 spiro atoms. The van der Waals surface area contributed by atoms with E-state index in [0.29, 0.717) is 34.7 Å². The van der Waals surface area contributed by atoms with E-state index in [9.17, 15) is 4.79 Å². The smallest absolute Gasteiger partial charge is 0.267 e. The minimum atomic E-state index is -0.0719. The number of rotatable bonds is 7. The van der Waals surface area contributed by atoms with Crippen molar-refractivity contribution in [2.45, 2.75) is 13.1 Å². The third kappa shape index (κ3) is 5.49. The Hall–Kier alpha value is -3.03. The Morgan fingerprint density at radius 3 is 2.18 bits per heavy atom. The largest absolute Gasteiger partial charge is 0.493 e. The third-order valence-corrected chi connectivity index (χ3v) is 6.83. The lowest BCUT2D eigenvalue weighted by Gasteiger charge is -2.15. The lowest BCUT2D eigenvalue weighted by atomic mass is 10.1. The van der Waals surface area contributed by atoms with Crippen LogP contribution in [0.5, 0.6) is 11.5 Å². The molecular formula is C26H23BrN2O3S. The molecule has 1 amide bonds. The van der Waals surface area contributed by atoms with Gasteiger partial charge in [-0.3, -0.25) is 14.7 Å². The Balaban J connectivity index is 1.68. The number of thioether (sulfide) groups is 1. The van der Waals surface area contributed by atoms with Crippen LogP contribution in [0.3, 0.4) is 0 Å². The van der Waals surface area contributed by atoms with Crippen molar-refractivity contribution < 1.29 is 14.3 Å². The van der Waals surface area contributed by atoms with Crippen molar-refractivity contribution in [3.63, 3.8) is 0 Å². The van der Waals surface area contributed by atoms with E-state index in [-0.39, 0.29) is 5.91 Å². The van der Waals surface area contributed by atoms with Crippen LogP contribution < -0.4 is 9.47 Å². The first kappa shape index (κ1) is 23.1. The van der Waals surface area contributed by atoms with E-state index < -0.39 is 0 Å². The van der Waals surface area contributed by atoms with Gasteiger partial charge in [-0.1, -0.05) is 76.6 Å². The fourth-order valence-electron chi connectivity index (χ4n) is 3.40. The van der Waals surface area contributed by atoms with Crippen LogP contribution >= 0.6 is 27.7 Å². The summed E-state index contributed by atoms with van der Waals surface area (Å²) >= 11 is 4.97. The Bertz CT molecular complexity index is 1200. The fourth-order valence-corrected chi connectivity index (χ4v) is 4.80. The van der Waals surface area contributed by atoms with Crippen molar-refractivity contribution >= 4 is 44.8 Å². The molecule has 4 rings (SSSR count). The second kappa shape index (κ2) is 10.7. The van der Waals surface area contributed by atoms with Crippen LogP contribution in [0.4, 0.5) is 0 Å². The number of halogens is 1. The third-order valence-electron chi connectivity index (χ3n) is 5.10. The van der Waals surface area contributed by atoms with Crippen LogP contribution in [0.25, 0.3) is 6.08 Å². The maximum absolute atomic E-state index is 13.4. The Morgan fingerprint density at radius 2 is 1.55 bits per heavy atom. The Labute approximate surface area is 206 Å². The number of benzene rings is 3. The highest BCUT2D eigenvalue weighted by Crippen LogP contribution is 2.38. The minimum absolute atomic E-state index is 0.0719. The van der Waals surface area contributed by atoms with Crippen molar-refractivity contribution in [3.05, 3.63) is 98.9 Å². The van der Waals surface area contributed by atoms with E-state index >= 15 is 0 Å². The highest BCUT2D eigenvalue weighted by molar-refractivity contribution is 9.10. The minimum Gasteiger partial charge on any atom is -0.493 e. The SMILES string of the molecule is COc1cc(Br)c(/C=C2\SC(=NCc3ccccc3)N(Cc3ccccc3)C2=O)cc1OC. The summed E-state index contributed by atoms with van der Waals surface area (Å²) in [6.07, 6.45) is 1.86. The summed E-state index contributed by atoms with van der Waals surface area (Å²) in [6, 6.07) is 23.7. The molecule has 1 aliphatic heterocycles. The fraction of sp³-hybridized carbons (Fsp3) is 0.154. The lowest BCUT2D eigenvalue weighted by molar-refractivity contribution is -0.122. The molecule has 1 heterocycles. The molecule has 7 heteroatoms. The monoisotopic (exact) mass is 522 g/mol. The van der Waals surface area contributed by atoms with E-state index in [2.05, 4.69) is 15.9 Å². The molecule has 1 saturated heterocycles. The van der Waals surface area contributed by atoms with Crippen molar-refractivity contribution in [3.8, 4) is 11.5 Å². The van der Waals surface area contributed by atoms with Crippen LogP contribution in [0.2, 0.25) is 0 Å². The Kier molecular flexibility index (Phi) is 7.52. The van der Waals surface area contributed by atoms with Crippen LogP contribution in [-0.2, 0) is 17.9 Å². The van der Waals surface area contributed by atoms with Gasteiger partial charge in [-0.25, -0.2) is 0 Å². The van der Waals surface area contributed by atoms with E-state index in [1.54, 1.807) is 19.1 Å². The number of amides is 1. The van der Waals surface area contributed by atoms with E-state index in [4.69, 9.17) is 14.5 Å². The summed E-state index contributed by atoms with van der Waals surface area (Å²) in [7, 11) is 3.18. The molecule has 1 aliphatic rings. The van der Waals surface area contributed by atoms with E-state index in [1.807, 2.05) is 78.9 Å². The zero-order valence-electron chi connectivity index (χ0n) is 18.3. The molecule has 33 heavy (non-hydrogen) atoms. The first-order valence-electron chi connectivity index (χ1n) is 10.3. The number of hydrogen-bond donors (Lipinski definition) is 0. The van der Waals surface area contributed by atoms with Gasteiger partial charge in [-0.15, -0.1) is 0 Å². The number of methoxy groups -OCH3 is 2. The van der Waals surface area contributed by atoms with Gasteiger partial charge in [0.2, 0.25) is 0 Å². The van der Waals surface area contributed by atoms with Crippen molar-refractivity contribution in [1.29, 1.82) is 0 Å². The van der Waals surface area contributed by atoms with Gasteiger partial charge in [0.25, 0.3) is 5.91 Å². The molecule has 0 saturated carbocycles. The molecule has 0 radical (unpaired) electrons. The molecule has 168 valence electrons. The van der Waals surface area contributed by atoms with Crippen molar-refractivity contribution in [2.24, 2.45) is 4.99 Å². The summed E-state index contributed by atoms with van der Waals surface area (Å²) in [6.45, 7) is 0.972. The number of hydrogen-bond acceptors (Lipinski definition) is 5. The summed E-state index contributed by atoms with van der Waals surface area (Å²) < 4.78 is 11.6. The van der Waals surface area contributed by atoms with Crippen LogP contribution in [0.1, 0.15) is 16.7 Å². The molecule has 1 fully saturated rings. The average molecular weight is 523 g/mol. The summed E-state index contributed by atoms with van der Waals surface area (Å²) in [4.78, 5) is 20.5. The Morgan fingerprint density at radius 1 is 0.939 bits per heavy atom. The molecule has 0 unspecified atom stereocenters. The van der Waals surface area contributed by atoms with Crippen molar-refractivity contribution in [2.75, 3.05) is 14.2 Å². The van der Waals surface area contributed by atoms with Gasteiger partial charge in [0.15, 0.2) is 16.7 Å². The molecule has 0 aliphatic carbocycles. The van der Waals surface area contributed by atoms with Gasteiger partial charge in [-0.05, 0) is 46.7 Å². The highest BCUT2D eigenvalue weighted by atomic mass is 79.9. The molecule has 0 bridgehead atoms. The molecule has 3 aromatic rings. The average Bonchev–Trinajstić information content (AvgIpc) is 3.14. The highest BCUT2D eigenvalue weighted by Gasteiger charge is 2.33. The lowest BCUT2D eigenvalue weighted by Crippen LogP contribution is -2.28. The zero-order valence-corrected chi connectivity index (χ0v) is 20.7. The topological polar surface area (TPSA) is 51.1 Å². The number of amidine groups is 1. The molecule has 0 atom stereocenters. The number of carbonyl (C=O) groups excluding carboxylic acids is 1. The molecule has 3 aromatic carbocycles. The molecule has 5 nitrogen and oxygen atoms in total. The standard InChI is InChI=1S/C26H23BrN2O3S/c1-31-22-13-20(21(27)15-23(22)32-2)14-24-25(30)29(17-19-11-7-4-8-12-19)26(33-24)28-16-18-9-5-3-6-10-18/h3-15H,16-17H2,1-2H3/b24-14-,28-26?. The van der Waals surface area contributed by atoms with Gasteiger partial charge >= 0.3 is 0 Å². The molecular weight excluding hydrogens is 500 g/mol. The summed E-state index contributed by atoms with van der Waals surface area (Å²) in [5.74, 6) is 1.15. The van der Waals surface area contributed by atoms with Crippen molar-refractivity contribution in [1.82, 2.24) is 4.90 Å². The number of nitrogens with zero attached hydrogens (tertiary/aromatic N) is 2. The second-order valence-electron chi connectivity index (χ2n) is 7.30. The zero-order chi connectivity index (χ0) is 23.2. The van der Waals surface area contributed by atoms with Gasteiger partial charge in [-0.2, -0.15) is 0 Å². The number of aliphatic imine (C=N–C) groups is 1. The molecule has 0 aromatic heterocycles. The first-order valence-corrected chi connectivity index (χ1v) is 11.9. The van der Waals surface area contributed by atoms with Gasteiger partial charge in [0.05, 0.1) is 32.2 Å². The summed E-state index contributed by atoms with van der Waals surface area (Å²) in [5.41, 5.74) is 2.97. The van der Waals surface area contributed by atoms with Gasteiger partial charge in [0, 0.05) is 4.47 Å².